The van der Waals surface area contributed by atoms with Crippen molar-refractivity contribution in [2.75, 3.05) is 19.7 Å². The first-order valence-electron chi connectivity index (χ1n) is 9.23. The number of likely N-dealkylation sites (tertiary alicyclic amines) is 1. The zero-order valence-corrected chi connectivity index (χ0v) is 16.5. The molecule has 1 aliphatic rings. The van der Waals surface area contributed by atoms with Gasteiger partial charge in [-0.2, -0.15) is 9.78 Å². The molecule has 2 atom stereocenters. The van der Waals surface area contributed by atoms with E-state index in [4.69, 9.17) is 17.0 Å². The molecule has 6 nitrogen and oxygen atoms in total. The van der Waals surface area contributed by atoms with Crippen LogP contribution in [0.1, 0.15) is 31.2 Å². The van der Waals surface area contributed by atoms with E-state index >= 15 is 0 Å². The van der Waals surface area contributed by atoms with Gasteiger partial charge >= 0.3 is 5.97 Å². The largest absolute Gasteiger partial charge is 0.466 e. The van der Waals surface area contributed by atoms with Gasteiger partial charge in [0, 0.05) is 5.69 Å². The predicted molar refractivity (Wildman–Crippen MR) is 102 cm³/mol. The number of nitrogens with zero attached hydrogens (tertiary/aromatic N) is 3. The van der Waals surface area contributed by atoms with Crippen LogP contribution in [-0.2, 0) is 16.2 Å². The van der Waals surface area contributed by atoms with Gasteiger partial charge in [-0.1, -0.05) is 12.1 Å². The Labute approximate surface area is 159 Å². The topological polar surface area (TPSA) is 53.5 Å². The molecule has 1 unspecified atom stereocenters. The van der Waals surface area contributed by atoms with E-state index in [0.717, 1.165) is 37.4 Å². The lowest BCUT2D eigenvalue weighted by Crippen LogP contribution is -3.13. The number of aromatic nitrogens is 3. The molecule has 1 aliphatic heterocycles. The van der Waals surface area contributed by atoms with Crippen molar-refractivity contribution in [1.82, 2.24) is 14.3 Å². The highest BCUT2D eigenvalue weighted by molar-refractivity contribution is 7.71. The number of nitrogens with one attached hydrogen (secondary N) is 1. The van der Waals surface area contributed by atoms with E-state index in [1.807, 2.05) is 35.2 Å². The van der Waals surface area contributed by atoms with Crippen LogP contribution in [0, 0.1) is 24.5 Å². The summed E-state index contributed by atoms with van der Waals surface area (Å²) in [6, 6.07) is 8.26. The molecular formula is C19H27N4O2S+. The average molecular weight is 376 g/mol. The van der Waals surface area contributed by atoms with Gasteiger partial charge in [-0.3, -0.25) is 9.36 Å². The molecule has 26 heavy (non-hydrogen) atoms. The van der Waals surface area contributed by atoms with Crippen molar-refractivity contribution in [3.8, 4) is 5.69 Å². The lowest BCUT2D eigenvalue weighted by molar-refractivity contribution is -0.930. The van der Waals surface area contributed by atoms with E-state index in [2.05, 4.69) is 24.2 Å². The number of carbonyl (C=O) groups is 1. The monoisotopic (exact) mass is 375 g/mol. The first-order chi connectivity index (χ1) is 12.5. The van der Waals surface area contributed by atoms with Gasteiger partial charge in [-0.15, -0.1) is 0 Å². The van der Waals surface area contributed by atoms with Crippen LogP contribution in [0.25, 0.3) is 5.69 Å². The summed E-state index contributed by atoms with van der Waals surface area (Å²) in [6.07, 6.45) is 1.92. The number of benzene rings is 1. The second-order valence-corrected chi connectivity index (χ2v) is 7.32. The third-order valence-corrected chi connectivity index (χ3v) is 5.27. The first kappa shape index (κ1) is 18.8. The summed E-state index contributed by atoms with van der Waals surface area (Å²) in [6.45, 7) is 8.81. The Kier molecular flexibility index (Phi) is 5.88. The lowest BCUT2D eigenvalue weighted by Gasteiger charge is -2.28. The molecule has 7 heteroatoms. The Bertz CT molecular complexity index is 842. The number of ether oxygens (including phenoxy) is 1. The number of aryl methyl sites for hydroxylation is 2. The summed E-state index contributed by atoms with van der Waals surface area (Å²) < 4.78 is 9.78. The highest BCUT2D eigenvalue weighted by Gasteiger charge is 2.30. The molecule has 1 N–H and O–H groups in total. The van der Waals surface area contributed by atoms with E-state index < -0.39 is 0 Å². The predicted octanol–water partition coefficient (Wildman–Crippen LogP) is 1.84. The Morgan fingerprint density at radius 1 is 1.42 bits per heavy atom. The summed E-state index contributed by atoms with van der Waals surface area (Å²) in [5.41, 5.74) is 2.23. The molecule has 3 rings (SSSR count). The second kappa shape index (κ2) is 8.14. The summed E-state index contributed by atoms with van der Waals surface area (Å²) in [5, 5.41) is 4.65. The third kappa shape index (κ3) is 4.04. The minimum atomic E-state index is -0.0743. The van der Waals surface area contributed by atoms with Crippen LogP contribution in [0.15, 0.2) is 24.3 Å². The molecule has 1 fully saturated rings. The second-order valence-electron chi connectivity index (χ2n) is 6.96. The van der Waals surface area contributed by atoms with Gasteiger partial charge in [-0.25, -0.2) is 0 Å². The molecule has 0 spiro atoms. The number of hydrogen-bond donors (Lipinski definition) is 1. The molecule has 140 valence electrons. The van der Waals surface area contributed by atoms with Crippen molar-refractivity contribution in [1.29, 1.82) is 0 Å². The fourth-order valence-corrected chi connectivity index (χ4v) is 3.99. The van der Waals surface area contributed by atoms with Gasteiger partial charge in [0.2, 0.25) is 4.77 Å². The molecule has 2 aromatic rings. The van der Waals surface area contributed by atoms with Crippen LogP contribution in [-0.4, -0.2) is 40.0 Å². The van der Waals surface area contributed by atoms with Crippen molar-refractivity contribution in [2.24, 2.45) is 5.92 Å². The SMILES string of the molecule is CCOC(=O)[C@@H]1CCC[NH+](Cn2nc(C)n(-c3cccc(C)c3)c2=S)C1. The van der Waals surface area contributed by atoms with Gasteiger partial charge < -0.3 is 9.64 Å². The van der Waals surface area contributed by atoms with Gasteiger partial charge in [-0.05, 0) is 63.5 Å². The van der Waals surface area contributed by atoms with Crippen molar-refractivity contribution in [2.45, 2.75) is 40.3 Å². The fraction of sp³-hybridized carbons (Fsp3) is 0.526. The summed E-state index contributed by atoms with van der Waals surface area (Å²) in [7, 11) is 0. The van der Waals surface area contributed by atoms with E-state index in [1.165, 1.54) is 10.5 Å². The third-order valence-electron chi connectivity index (χ3n) is 4.87. The maximum Gasteiger partial charge on any atom is 0.314 e. The summed E-state index contributed by atoms with van der Waals surface area (Å²) in [5.74, 6) is 0.779. The average Bonchev–Trinajstić information content (AvgIpc) is 2.89. The minimum Gasteiger partial charge on any atom is -0.466 e. The van der Waals surface area contributed by atoms with E-state index in [9.17, 15) is 4.79 Å². The Morgan fingerprint density at radius 3 is 2.96 bits per heavy atom. The minimum absolute atomic E-state index is 0.0205. The quantitative estimate of drug-likeness (QED) is 0.640. The Morgan fingerprint density at radius 2 is 2.23 bits per heavy atom. The summed E-state index contributed by atoms with van der Waals surface area (Å²) >= 11 is 5.69. The maximum atomic E-state index is 12.1. The molecule has 0 saturated carbocycles. The number of piperidine rings is 1. The number of rotatable bonds is 5. The van der Waals surface area contributed by atoms with Crippen LogP contribution < -0.4 is 4.90 Å². The molecule has 0 bridgehead atoms. The van der Waals surface area contributed by atoms with Gasteiger partial charge in [0.05, 0.1) is 19.7 Å². The smallest absolute Gasteiger partial charge is 0.314 e. The molecule has 1 aromatic heterocycles. The molecule has 1 saturated heterocycles. The molecule has 0 radical (unpaired) electrons. The van der Waals surface area contributed by atoms with Crippen molar-refractivity contribution < 1.29 is 14.4 Å². The first-order valence-corrected chi connectivity index (χ1v) is 9.64. The Balaban J connectivity index is 1.78. The van der Waals surface area contributed by atoms with Crippen LogP contribution in [0.5, 0.6) is 0 Å². The Hall–Kier alpha value is -1.99. The highest BCUT2D eigenvalue weighted by Crippen LogP contribution is 2.14. The van der Waals surface area contributed by atoms with Gasteiger partial charge in [0.25, 0.3) is 0 Å². The van der Waals surface area contributed by atoms with Crippen molar-refractivity contribution in [3.05, 3.63) is 40.4 Å². The van der Waals surface area contributed by atoms with Gasteiger partial charge in [0.1, 0.15) is 11.7 Å². The van der Waals surface area contributed by atoms with E-state index in [-0.39, 0.29) is 11.9 Å². The van der Waals surface area contributed by atoms with Crippen molar-refractivity contribution >= 4 is 18.2 Å². The molecule has 0 amide bonds. The standard InChI is InChI=1S/C19H26N4O2S/c1-4-25-18(24)16-8-6-10-21(12-16)13-22-19(26)23(15(3)20-22)17-9-5-7-14(2)11-17/h5,7,9,11,16H,4,6,8,10,12-13H2,1-3H3/p+1/t16-/m1/s1. The summed E-state index contributed by atoms with van der Waals surface area (Å²) in [4.78, 5) is 13.4. The molecule has 1 aromatic carbocycles. The van der Waals surface area contributed by atoms with Crippen molar-refractivity contribution in [3.63, 3.8) is 0 Å². The zero-order chi connectivity index (χ0) is 18.7. The fourth-order valence-electron chi connectivity index (χ4n) is 3.65. The molecule has 2 heterocycles. The number of esters is 1. The van der Waals surface area contributed by atoms with Crippen LogP contribution in [0.3, 0.4) is 0 Å². The molecule has 0 aliphatic carbocycles. The lowest BCUT2D eigenvalue weighted by atomic mass is 9.99. The number of carbonyl (C=O) groups excluding carboxylic acids is 1. The number of hydrogen-bond acceptors (Lipinski definition) is 4. The van der Waals surface area contributed by atoms with E-state index in [1.54, 1.807) is 0 Å². The number of quaternary nitrogens is 1. The van der Waals surface area contributed by atoms with Crippen LogP contribution >= 0.6 is 12.2 Å². The molecular weight excluding hydrogens is 348 g/mol. The highest BCUT2D eigenvalue weighted by atomic mass is 32.1. The van der Waals surface area contributed by atoms with Crippen LogP contribution in [0.4, 0.5) is 0 Å². The van der Waals surface area contributed by atoms with E-state index in [0.29, 0.717) is 18.0 Å². The maximum absolute atomic E-state index is 12.1. The normalized spacial score (nSPS) is 20.1. The van der Waals surface area contributed by atoms with Crippen LogP contribution in [0.2, 0.25) is 0 Å². The zero-order valence-electron chi connectivity index (χ0n) is 15.7. The van der Waals surface area contributed by atoms with Gasteiger partial charge in [0.15, 0.2) is 6.67 Å².